The quantitative estimate of drug-likeness (QED) is 0.800. The zero-order valence-corrected chi connectivity index (χ0v) is 11.9. The number of nitriles is 1. The van der Waals surface area contributed by atoms with Crippen molar-refractivity contribution in [1.82, 2.24) is 0 Å². The van der Waals surface area contributed by atoms with Crippen LogP contribution in [0.15, 0.2) is 42.5 Å². The Kier molecular flexibility index (Phi) is 4.85. The molecule has 0 heterocycles. The van der Waals surface area contributed by atoms with Crippen LogP contribution < -0.4 is 10.4 Å². The number of nitrogens with zero attached hydrogens (tertiary/aromatic N) is 1. The van der Waals surface area contributed by atoms with Crippen LogP contribution in [-0.4, -0.2) is 18.5 Å². The molecular formula is C17H11N2O4-. The van der Waals surface area contributed by atoms with Gasteiger partial charge >= 0.3 is 0 Å². The predicted octanol–water partition coefficient (Wildman–Crippen LogP) is 1.09. The number of carbonyl (C=O) groups excluding carboxylic acids is 3. The summed E-state index contributed by atoms with van der Waals surface area (Å²) in [4.78, 5) is 33.3. The SMILES string of the molecule is N#Cc1ccc(NC(C(=O)[O-])c2cc(C=O)cc(C=O)c2)cc1. The fourth-order valence-corrected chi connectivity index (χ4v) is 2.09. The molecule has 0 aliphatic carbocycles. The first-order valence-corrected chi connectivity index (χ1v) is 6.60. The number of carboxylic acids is 1. The van der Waals surface area contributed by atoms with Gasteiger partial charge in [0, 0.05) is 16.8 Å². The van der Waals surface area contributed by atoms with E-state index in [1.54, 1.807) is 12.1 Å². The minimum Gasteiger partial charge on any atom is -0.548 e. The van der Waals surface area contributed by atoms with Crippen LogP contribution in [0.1, 0.15) is 37.9 Å². The molecule has 0 aliphatic heterocycles. The Morgan fingerprint density at radius 3 is 2.09 bits per heavy atom. The second-order valence-corrected chi connectivity index (χ2v) is 4.75. The Bertz CT molecular complexity index is 765. The van der Waals surface area contributed by atoms with E-state index in [4.69, 9.17) is 5.26 Å². The van der Waals surface area contributed by atoms with Crippen molar-refractivity contribution in [2.45, 2.75) is 6.04 Å². The highest BCUT2D eigenvalue weighted by atomic mass is 16.4. The summed E-state index contributed by atoms with van der Waals surface area (Å²) in [7, 11) is 0. The number of anilines is 1. The van der Waals surface area contributed by atoms with Gasteiger partial charge in [-0.3, -0.25) is 9.59 Å². The molecule has 6 heteroatoms. The third-order valence-electron chi connectivity index (χ3n) is 3.17. The molecule has 23 heavy (non-hydrogen) atoms. The minimum absolute atomic E-state index is 0.192. The van der Waals surface area contributed by atoms with Crippen LogP contribution in [0.25, 0.3) is 0 Å². The topological polar surface area (TPSA) is 110 Å². The number of rotatable bonds is 6. The number of hydrogen-bond acceptors (Lipinski definition) is 6. The molecule has 2 rings (SSSR count). The third-order valence-corrected chi connectivity index (χ3v) is 3.17. The summed E-state index contributed by atoms with van der Waals surface area (Å²) in [5.74, 6) is -1.41. The first-order valence-electron chi connectivity index (χ1n) is 6.60. The predicted molar refractivity (Wildman–Crippen MR) is 79.7 cm³/mol. The lowest BCUT2D eigenvalue weighted by molar-refractivity contribution is -0.307. The number of benzene rings is 2. The maximum Gasteiger partial charge on any atom is 0.150 e. The van der Waals surface area contributed by atoms with Crippen LogP contribution in [0, 0.1) is 11.3 Å². The standard InChI is InChI=1S/C17H12N2O4/c18-8-11-1-3-15(4-2-11)19-16(17(22)23)14-6-12(9-20)5-13(7-14)10-21/h1-7,9-10,16,19H,(H,22,23)/p-1. The fraction of sp³-hybridized carbons (Fsp3) is 0.0588. The van der Waals surface area contributed by atoms with Crippen molar-refractivity contribution in [3.05, 3.63) is 64.7 Å². The number of aldehydes is 2. The number of aliphatic carboxylic acids is 1. The number of nitrogens with one attached hydrogen (secondary N) is 1. The van der Waals surface area contributed by atoms with Gasteiger partial charge in [-0.25, -0.2) is 0 Å². The van der Waals surface area contributed by atoms with Gasteiger partial charge in [0.2, 0.25) is 0 Å². The fourth-order valence-electron chi connectivity index (χ4n) is 2.09. The maximum absolute atomic E-state index is 11.4. The molecule has 0 spiro atoms. The lowest BCUT2D eigenvalue weighted by Gasteiger charge is -2.22. The first kappa shape index (κ1) is 15.9. The van der Waals surface area contributed by atoms with E-state index < -0.39 is 12.0 Å². The summed E-state index contributed by atoms with van der Waals surface area (Å²) in [6, 6.07) is 11.0. The van der Waals surface area contributed by atoms with Crippen molar-refractivity contribution in [2.75, 3.05) is 5.32 Å². The van der Waals surface area contributed by atoms with Gasteiger partial charge in [0.15, 0.2) is 0 Å². The van der Waals surface area contributed by atoms with E-state index in [-0.39, 0.29) is 16.7 Å². The van der Waals surface area contributed by atoms with E-state index in [2.05, 4.69) is 5.32 Å². The van der Waals surface area contributed by atoms with Gasteiger partial charge in [0.25, 0.3) is 0 Å². The number of carbonyl (C=O) groups is 3. The van der Waals surface area contributed by atoms with E-state index in [0.717, 1.165) is 0 Å². The van der Waals surface area contributed by atoms with Gasteiger partial charge in [0.05, 0.1) is 23.6 Å². The highest BCUT2D eigenvalue weighted by molar-refractivity contribution is 5.85. The van der Waals surface area contributed by atoms with Crippen LogP contribution in [-0.2, 0) is 4.79 Å². The number of hydrogen-bond donors (Lipinski definition) is 1. The van der Waals surface area contributed by atoms with Gasteiger partial charge in [-0.2, -0.15) is 5.26 Å². The minimum atomic E-state index is -1.41. The number of carboxylic acid groups (broad SMARTS) is 1. The summed E-state index contributed by atoms with van der Waals surface area (Å²) in [6.45, 7) is 0. The normalized spacial score (nSPS) is 11.1. The molecule has 0 aromatic heterocycles. The molecule has 0 fully saturated rings. The molecule has 0 aliphatic rings. The zero-order valence-electron chi connectivity index (χ0n) is 11.9. The van der Waals surface area contributed by atoms with Crippen molar-refractivity contribution in [3.63, 3.8) is 0 Å². The molecule has 1 N–H and O–H groups in total. The van der Waals surface area contributed by atoms with E-state index >= 15 is 0 Å². The van der Waals surface area contributed by atoms with E-state index in [9.17, 15) is 19.5 Å². The maximum atomic E-state index is 11.4. The molecule has 0 saturated heterocycles. The smallest absolute Gasteiger partial charge is 0.150 e. The van der Waals surface area contributed by atoms with Crippen LogP contribution in [0.5, 0.6) is 0 Å². The molecule has 0 radical (unpaired) electrons. The van der Waals surface area contributed by atoms with Gasteiger partial charge in [-0.05, 0) is 48.0 Å². The lowest BCUT2D eigenvalue weighted by atomic mass is 10.0. The van der Waals surface area contributed by atoms with E-state index in [1.807, 2.05) is 6.07 Å². The molecule has 114 valence electrons. The molecule has 1 atom stereocenters. The van der Waals surface area contributed by atoms with Crippen LogP contribution >= 0.6 is 0 Å². The van der Waals surface area contributed by atoms with Gasteiger partial charge < -0.3 is 15.2 Å². The molecule has 0 bridgehead atoms. The Morgan fingerprint density at radius 2 is 1.65 bits per heavy atom. The molecule has 2 aromatic rings. The highest BCUT2D eigenvalue weighted by Gasteiger charge is 2.14. The molecule has 0 amide bonds. The summed E-state index contributed by atoms with van der Waals surface area (Å²) in [6.07, 6.45) is 1.06. The van der Waals surface area contributed by atoms with Crippen molar-refractivity contribution in [1.29, 1.82) is 5.26 Å². The largest absolute Gasteiger partial charge is 0.548 e. The molecule has 6 nitrogen and oxygen atoms in total. The Hall–Kier alpha value is -3.46. The summed E-state index contributed by atoms with van der Waals surface area (Å²) in [5.41, 5.74) is 1.50. The van der Waals surface area contributed by atoms with Crippen molar-refractivity contribution in [2.24, 2.45) is 0 Å². The van der Waals surface area contributed by atoms with Gasteiger partial charge in [-0.1, -0.05) is 0 Å². The van der Waals surface area contributed by atoms with Gasteiger partial charge in [-0.15, -0.1) is 0 Å². The highest BCUT2D eigenvalue weighted by Crippen LogP contribution is 2.21. The van der Waals surface area contributed by atoms with Gasteiger partial charge in [0.1, 0.15) is 12.6 Å². The first-order chi connectivity index (χ1) is 11.1. The Morgan fingerprint density at radius 1 is 1.09 bits per heavy atom. The van der Waals surface area contributed by atoms with Crippen molar-refractivity contribution >= 4 is 24.2 Å². The monoisotopic (exact) mass is 307 g/mol. The van der Waals surface area contributed by atoms with Crippen LogP contribution in [0.2, 0.25) is 0 Å². The summed E-state index contributed by atoms with van der Waals surface area (Å²) < 4.78 is 0. The average Bonchev–Trinajstić information content (AvgIpc) is 2.59. The molecule has 1 unspecified atom stereocenters. The molecule has 2 aromatic carbocycles. The Labute approximate surface area is 132 Å². The summed E-state index contributed by atoms with van der Waals surface area (Å²) >= 11 is 0. The second-order valence-electron chi connectivity index (χ2n) is 4.75. The molecular weight excluding hydrogens is 296 g/mol. The summed E-state index contributed by atoms with van der Waals surface area (Å²) in [5, 5.41) is 22.9. The molecule has 0 saturated carbocycles. The second kappa shape index (κ2) is 7.00. The van der Waals surface area contributed by atoms with Crippen LogP contribution in [0.4, 0.5) is 5.69 Å². The van der Waals surface area contributed by atoms with Crippen molar-refractivity contribution in [3.8, 4) is 6.07 Å². The third kappa shape index (κ3) is 3.80. The Balaban J connectivity index is 2.38. The van der Waals surface area contributed by atoms with E-state index in [1.165, 1.54) is 30.3 Å². The van der Waals surface area contributed by atoms with E-state index in [0.29, 0.717) is 23.8 Å². The lowest BCUT2D eigenvalue weighted by Crippen LogP contribution is -2.34. The average molecular weight is 307 g/mol. The van der Waals surface area contributed by atoms with Crippen molar-refractivity contribution < 1.29 is 19.5 Å². The van der Waals surface area contributed by atoms with Crippen LogP contribution in [0.3, 0.4) is 0 Å². The zero-order chi connectivity index (χ0) is 16.8.